The summed E-state index contributed by atoms with van der Waals surface area (Å²) in [5.74, 6) is 0.202. The lowest BCUT2D eigenvalue weighted by Gasteiger charge is -2.07. The summed E-state index contributed by atoms with van der Waals surface area (Å²) in [5, 5.41) is 2.59. The number of hydrogen-bond donors (Lipinski definition) is 2. The second-order valence-corrected chi connectivity index (χ2v) is 3.98. The van der Waals surface area contributed by atoms with Crippen molar-refractivity contribution in [3.63, 3.8) is 0 Å². The van der Waals surface area contributed by atoms with E-state index < -0.39 is 17.2 Å². The zero-order valence-electron chi connectivity index (χ0n) is 10.8. The molecule has 0 saturated heterocycles. The summed E-state index contributed by atoms with van der Waals surface area (Å²) in [4.78, 5) is 37.0. The van der Waals surface area contributed by atoms with Crippen molar-refractivity contribution in [2.24, 2.45) is 0 Å². The summed E-state index contributed by atoms with van der Waals surface area (Å²) in [6, 6.07) is 7.89. The van der Waals surface area contributed by atoms with Crippen LogP contribution in [0.25, 0.3) is 0 Å². The van der Waals surface area contributed by atoms with E-state index in [4.69, 9.17) is 4.74 Å². The van der Waals surface area contributed by atoms with Crippen LogP contribution >= 0.6 is 0 Å². The summed E-state index contributed by atoms with van der Waals surface area (Å²) in [6.45, 7) is -0.346. The highest BCUT2D eigenvalue weighted by Gasteiger charge is 2.07. The fourth-order valence-corrected chi connectivity index (χ4v) is 1.62. The molecule has 0 bridgehead atoms. The second kappa shape index (κ2) is 5.87. The maximum Gasteiger partial charge on any atom is 0.328 e. The van der Waals surface area contributed by atoms with Gasteiger partial charge in [-0.3, -0.25) is 14.2 Å². The first kappa shape index (κ1) is 13.6. The van der Waals surface area contributed by atoms with Crippen LogP contribution in [0.2, 0.25) is 0 Å². The first-order valence-electron chi connectivity index (χ1n) is 5.82. The molecule has 1 aromatic carbocycles. The van der Waals surface area contributed by atoms with E-state index in [1.807, 2.05) is 0 Å². The van der Waals surface area contributed by atoms with Crippen molar-refractivity contribution in [2.75, 3.05) is 12.4 Å². The lowest BCUT2D eigenvalue weighted by molar-refractivity contribution is -0.116. The van der Waals surface area contributed by atoms with Crippen LogP contribution in [-0.4, -0.2) is 22.6 Å². The van der Waals surface area contributed by atoms with Crippen molar-refractivity contribution in [3.05, 3.63) is 57.4 Å². The van der Waals surface area contributed by atoms with Crippen molar-refractivity contribution >= 4 is 11.6 Å². The molecular weight excluding hydrogens is 262 g/mol. The van der Waals surface area contributed by atoms with Gasteiger partial charge in [0.05, 0.1) is 7.11 Å². The third kappa shape index (κ3) is 3.14. The van der Waals surface area contributed by atoms with E-state index in [1.165, 1.54) is 12.3 Å². The summed E-state index contributed by atoms with van der Waals surface area (Å²) in [5.41, 5.74) is -0.600. The van der Waals surface area contributed by atoms with Gasteiger partial charge in [0.2, 0.25) is 5.91 Å². The molecule has 0 aliphatic heterocycles. The minimum Gasteiger partial charge on any atom is -0.497 e. The van der Waals surface area contributed by atoms with E-state index in [-0.39, 0.29) is 6.54 Å². The average molecular weight is 275 g/mol. The number of ether oxygens (including phenoxy) is 1. The number of benzene rings is 1. The number of aromatic amines is 1. The predicted octanol–water partition coefficient (Wildman–Crippen LogP) is 0.184. The molecule has 0 radical (unpaired) electrons. The molecule has 2 N–H and O–H groups in total. The van der Waals surface area contributed by atoms with E-state index in [0.29, 0.717) is 11.4 Å². The molecule has 0 spiro atoms. The first-order chi connectivity index (χ1) is 9.60. The number of aromatic nitrogens is 2. The van der Waals surface area contributed by atoms with Gasteiger partial charge < -0.3 is 15.0 Å². The van der Waals surface area contributed by atoms with Crippen molar-refractivity contribution in [2.45, 2.75) is 6.54 Å². The number of rotatable bonds is 4. The van der Waals surface area contributed by atoms with Gasteiger partial charge in [0.1, 0.15) is 12.3 Å². The molecule has 0 unspecified atom stereocenters. The van der Waals surface area contributed by atoms with Crippen LogP contribution in [0.5, 0.6) is 5.75 Å². The molecule has 2 rings (SSSR count). The van der Waals surface area contributed by atoms with Crippen molar-refractivity contribution < 1.29 is 9.53 Å². The number of nitrogens with zero attached hydrogens (tertiary/aromatic N) is 1. The number of nitrogens with one attached hydrogen (secondary N) is 2. The summed E-state index contributed by atoms with van der Waals surface area (Å²) < 4.78 is 5.82. The Balaban J connectivity index is 2.09. The molecule has 20 heavy (non-hydrogen) atoms. The number of hydrogen-bond acceptors (Lipinski definition) is 4. The van der Waals surface area contributed by atoms with Gasteiger partial charge in [-0.1, -0.05) is 0 Å². The Morgan fingerprint density at radius 3 is 2.55 bits per heavy atom. The van der Waals surface area contributed by atoms with Crippen LogP contribution < -0.4 is 21.3 Å². The zero-order valence-corrected chi connectivity index (χ0v) is 10.8. The average Bonchev–Trinajstić information content (AvgIpc) is 2.44. The van der Waals surface area contributed by atoms with Crippen molar-refractivity contribution in [1.82, 2.24) is 9.55 Å². The molecule has 2 aromatic rings. The number of anilines is 1. The van der Waals surface area contributed by atoms with E-state index in [9.17, 15) is 14.4 Å². The monoisotopic (exact) mass is 275 g/mol. The molecule has 104 valence electrons. The normalized spacial score (nSPS) is 10.1. The Morgan fingerprint density at radius 1 is 1.25 bits per heavy atom. The number of methoxy groups -OCH3 is 1. The van der Waals surface area contributed by atoms with Gasteiger partial charge in [-0.05, 0) is 24.3 Å². The van der Waals surface area contributed by atoms with Gasteiger partial charge in [-0.15, -0.1) is 0 Å². The third-order valence-electron chi connectivity index (χ3n) is 2.62. The number of carbonyl (C=O) groups is 1. The standard InChI is InChI=1S/C13H13N3O4/c1-20-10-4-2-9(3-5-10)15-11(17)8-16-12(18)6-7-14-13(16)19/h2-7H,8H2,1H3,(H,14,19)(H,15,17). The Bertz CT molecular complexity index is 687. The molecule has 7 heteroatoms. The van der Waals surface area contributed by atoms with Crippen LogP contribution in [0.1, 0.15) is 0 Å². The number of carbonyl (C=O) groups excluding carboxylic acids is 1. The fourth-order valence-electron chi connectivity index (χ4n) is 1.62. The minimum absolute atomic E-state index is 0.346. The van der Waals surface area contributed by atoms with Gasteiger partial charge in [0.15, 0.2) is 0 Å². The summed E-state index contributed by atoms with van der Waals surface area (Å²) >= 11 is 0. The van der Waals surface area contributed by atoms with E-state index in [1.54, 1.807) is 31.4 Å². The molecule has 1 heterocycles. The third-order valence-corrected chi connectivity index (χ3v) is 2.62. The molecule has 1 aromatic heterocycles. The fraction of sp³-hybridized carbons (Fsp3) is 0.154. The van der Waals surface area contributed by atoms with Crippen LogP contribution in [0, 0.1) is 0 Å². The lowest BCUT2D eigenvalue weighted by atomic mass is 10.3. The van der Waals surface area contributed by atoms with Gasteiger partial charge in [-0.2, -0.15) is 0 Å². The summed E-state index contributed by atoms with van der Waals surface area (Å²) in [6.07, 6.45) is 1.24. The van der Waals surface area contributed by atoms with Crippen LogP contribution in [0.3, 0.4) is 0 Å². The molecule has 0 fully saturated rings. The second-order valence-electron chi connectivity index (χ2n) is 3.98. The Labute approximate surface area is 113 Å². The Kier molecular flexibility index (Phi) is 3.99. The van der Waals surface area contributed by atoms with Crippen LogP contribution in [0.15, 0.2) is 46.1 Å². The smallest absolute Gasteiger partial charge is 0.328 e. The molecule has 0 saturated carbocycles. The van der Waals surface area contributed by atoms with Crippen molar-refractivity contribution in [3.8, 4) is 5.75 Å². The van der Waals surface area contributed by atoms with Crippen molar-refractivity contribution in [1.29, 1.82) is 0 Å². The molecule has 1 amide bonds. The molecule has 0 aliphatic carbocycles. The number of amides is 1. The maximum absolute atomic E-state index is 11.8. The first-order valence-corrected chi connectivity index (χ1v) is 5.82. The topological polar surface area (TPSA) is 93.2 Å². The van der Waals surface area contributed by atoms with E-state index in [0.717, 1.165) is 4.57 Å². The van der Waals surface area contributed by atoms with Crippen LogP contribution in [0.4, 0.5) is 5.69 Å². The largest absolute Gasteiger partial charge is 0.497 e. The van der Waals surface area contributed by atoms with E-state index in [2.05, 4.69) is 10.3 Å². The maximum atomic E-state index is 11.8. The van der Waals surface area contributed by atoms with Crippen LogP contribution in [-0.2, 0) is 11.3 Å². The Morgan fingerprint density at radius 2 is 1.95 bits per heavy atom. The quantitative estimate of drug-likeness (QED) is 0.832. The minimum atomic E-state index is -0.623. The highest BCUT2D eigenvalue weighted by Crippen LogP contribution is 2.14. The van der Waals surface area contributed by atoms with Gasteiger partial charge in [-0.25, -0.2) is 4.79 Å². The van der Waals surface area contributed by atoms with Gasteiger partial charge in [0.25, 0.3) is 5.56 Å². The van der Waals surface area contributed by atoms with Gasteiger partial charge in [0, 0.05) is 18.0 Å². The van der Waals surface area contributed by atoms with E-state index >= 15 is 0 Å². The number of H-pyrrole nitrogens is 1. The molecule has 0 aliphatic rings. The molecule has 0 atom stereocenters. The summed E-state index contributed by atoms with van der Waals surface area (Å²) in [7, 11) is 1.54. The lowest BCUT2D eigenvalue weighted by Crippen LogP contribution is -2.37. The predicted molar refractivity (Wildman–Crippen MR) is 72.9 cm³/mol. The molecule has 7 nitrogen and oxygen atoms in total. The zero-order chi connectivity index (χ0) is 14.5. The van der Waals surface area contributed by atoms with Gasteiger partial charge >= 0.3 is 5.69 Å². The Hall–Kier alpha value is -2.83. The highest BCUT2D eigenvalue weighted by atomic mass is 16.5. The SMILES string of the molecule is COc1ccc(NC(=O)Cn2c(=O)cc[nH]c2=O)cc1. The highest BCUT2D eigenvalue weighted by molar-refractivity contribution is 5.90. The molecular formula is C13H13N3O4.